The van der Waals surface area contributed by atoms with Crippen molar-refractivity contribution >= 4 is 5.91 Å². The lowest BCUT2D eigenvalue weighted by atomic mass is 9.88. The number of likely N-dealkylation sites (tertiary alicyclic amines) is 1. The lowest BCUT2D eigenvalue weighted by Crippen LogP contribution is -2.59. The molecule has 0 bridgehead atoms. The number of nitrogens with zero attached hydrogens (tertiary/aromatic N) is 1. The van der Waals surface area contributed by atoms with E-state index in [9.17, 15) is 9.90 Å². The molecule has 2 N–H and O–H groups in total. The first-order valence-corrected chi connectivity index (χ1v) is 8.48. The van der Waals surface area contributed by atoms with E-state index in [1.807, 2.05) is 17.0 Å². The molecule has 0 radical (unpaired) electrons. The van der Waals surface area contributed by atoms with Crippen LogP contribution in [0.5, 0.6) is 0 Å². The van der Waals surface area contributed by atoms with E-state index in [-0.39, 0.29) is 11.3 Å². The van der Waals surface area contributed by atoms with Crippen molar-refractivity contribution in [1.29, 1.82) is 0 Å². The Bertz CT molecular complexity index is 551. The van der Waals surface area contributed by atoms with Crippen molar-refractivity contribution in [2.45, 2.75) is 52.7 Å². The van der Waals surface area contributed by atoms with Gasteiger partial charge in [-0.15, -0.1) is 0 Å². The van der Waals surface area contributed by atoms with Gasteiger partial charge in [-0.1, -0.05) is 45.0 Å². The Kier molecular flexibility index (Phi) is 5.48. The van der Waals surface area contributed by atoms with Gasteiger partial charge in [0, 0.05) is 26.2 Å². The summed E-state index contributed by atoms with van der Waals surface area (Å²) in [5.74, 6) is -0.129. The number of hydrogen-bond donors (Lipinski definition) is 2. The van der Waals surface area contributed by atoms with Gasteiger partial charge in [0.15, 0.2) is 5.60 Å². The predicted octanol–water partition coefficient (Wildman–Crippen LogP) is 2.48. The van der Waals surface area contributed by atoms with Crippen molar-refractivity contribution in [1.82, 2.24) is 10.2 Å². The Balaban J connectivity index is 1.95. The van der Waals surface area contributed by atoms with E-state index >= 15 is 0 Å². The first kappa shape index (κ1) is 18.0. The van der Waals surface area contributed by atoms with Crippen molar-refractivity contribution in [2.75, 3.05) is 19.6 Å². The summed E-state index contributed by atoms with van der Waals surface area (Å²) >= 11 is 0. The number of aliphatic hydroxyl groups is 1. The zero-order valence-corrected chi connectivity index (χ0v) is 14.9. The molecule has 0 spiro atoms. The second-order valence-corrected chi connectivity index (χ2v) is 7.95. The molecule has 2 rings (SSSR count). The molecule has 1 fully saturated rings. The fraction of sp³-hybridized carbons (Fsp3) is 0.632. The van der Waals surface area contributed by atoms with E-state index < -0.39 is 5.60 Å². The van der Waals surface area contributed by atoms with Gasteiger partial charge < -0.3 is 15.3 Å². The molecule has 1 aliphatic heterocycles. The summed E-state index contributed by atoms with van der Waals surface area (Å²) in [6.45, 7) is 10.8. The number of hydrogen-bond acceptors (Lipinski definition) is 3. The SMILES string of the molecule is Cc1ccccc1CNCC1(O)CCCN(CC(C)(C)C)C1=O. The maximum Gasteiger partial charge on any atom is 0.255 e. The van der Waals surface area contributed by atoms with Gasteiger partial charge in [0.25, 0.3) is 5.91 Å². The summed E-state index contributed by atoms with van der Waals surface area (Å²) in [5, 5.41) is 14.1. The largest absolute Gasteiger partial charge is 0.379 e. The van der Waals surface area contributed by atoms with Crippen LogP contribution in [0.15, 0.2) is 24.3 Å². The second-order valence-electron chi connectivity index (χ2n) is 7.95. The van der Waals surface area contributed by atoms with Gasteiger partial charge in [-0.05, 0) is 36.3 Å². The van der Waals surface area contributed by atoms with E-state index in [2.05, 4.69) is 45.1 Å². The summed E-state index contributed by atoms with van der Waals surface area (Å²) in [4.78, 5) is 14.5. The molecular weight excluding hydrogens is 288 g/mol. The molecule has 1 amide bonds. The van der Waals surface area contributed by atoms with Crippen LogP contribution in [0, 0.1) is 12.3 Å². The highest BCUT2D eigenvalue weighted by molar-refractivity contribution is 5.86. The van der Waals surface area contributed by atoms with Crippen LogP contribution in [0.4, 0.5) is 0 Å². The van der Waals surface area contributed by atoms with Crippen molar-refractivity contribution < 1.29 is 9.90 Å². The summed E-state index contributed by atoms with van der Waals surface area (Å²) in [6.07, 6.45) is 1.39. The van der Waals surface area contributed by atoms with E-state index in [0.29, 0.717) is 26.1 Å². The van der Waals surface area contributed by atoms with Gasteiger partial charge in [-0.2, -0.15) is 0 Å². The highest BCUT2D eigenvalue weighted by atomic mass is 16.3. The summed E-state index contributed by atoms with van der Waals surface area (Å²) in [7, 11) is 0. The monoisotopic (exact) mass is 318 g/mol. The quantitative estimate of drug-likeness (QED) is 0.877. The van der Waals surface area contributed by atoms with Crippen molar-refractivity contribution in [2.24, 2.45) is 5.41 Å². The second kappa shape index (κ2) is 7.02. The van der Waals surface area contributed by atoms with E-state index in [0.717, 1.165) is 13.0 Å². The van der Waals surface area contributed by atoms with Crippen LogP contribution in [0.25, 0.3) is 0 Å². The number of aryl methyl sites for hydroxylation is 1. The molecule has 0 saturated carbocycles. The number of amides is 1. The van der Waals surface area contributed by atoms with Crippen LogP contribution >= 0.6 is 0 Å². The van der Waals surface area contributed by atoms with E-state index in [1.54, 1.807) is 0 Å². The highest BCUT2D eigenvalue weighted by Crippen LogP contribution is 2.26. The summed E-state index contributed by atoms with van der Waals surface area (Å²) < 4.78 is 0. The topological polar surface area (TPSA) is 52.6 Å². The first-order valence-electron chi connectivity index (χ1n) is 8.48. The fourth-order valence-corrected chi connectivity index (χ4v) is 3.16. The maximum absolute atomic E-state index is 12.7. The van der Waals surface area contributed by atoms with Gasteiger partial charge in [0.2, 0.25) is 0 Å². The molecule has 23 heavy (non-hydrogen) atoms. The normalized spacial score (nSPS) is 22.5. The van der Waals surface area contributed by atoms with Crippen molar-refractivity contribution in [3.63, 3.8) is 0 Å². The zero-order chi connectivity index (χ0) is 17.1. The average molecular weight is 318 g/mol. The number of nitrogens with one attached hydrogen (secondary N) is 1. The third-order valence-electron chi connectivity index (χ3n) is 4.36. The molecule has 1 aromatic carbocycles. The van der Waals surface area contributed by atoms with Crippen LogP contribution in [-0.4, -0.2) is 41.1 Å². The number of benzene rings is 1. The minimum atomic E-state index is -1.27. The standard InChI is InChI=1S/C19H30N2O2/c1-15-8-5-6-9-16(15)12-20-13-19(23)10-7-11-21(17(19)22)14-18(2,3)4/h5-6,8-9,20,23H,7,10-14H2,1-4H3. The van der Waals surface area contributed by atoms with E-state index in [4.69, 9.17) is 0 Å². The van der Waals surface area contributed by atoms with Crippen LogP contribution in [0.2, 0.25) is 0 Å². The van der Waals surface area contributed by atoms with Crippen molar-refractivity contribution in [3.05, 3.63) is 35.4 Å². The molecule has 1 heterocycles. The van der Waals surface area contributed by atoms with E-state index in [1.165, 1.54) is 11.1 Å². The lowest BCUT2D eigenvalue weighted by Gasteiger charge is -2.41. The third-order valence-corrected chi connectivity index (χ3v) is 4.36. The smallest absolute Gasteiger partial charge is 0.255 e. The minimum absolute atomic E-state index is 0.0441. The number of carbonyl (C=O) groups is 1. The Morgan fingerprint density at radius 1 is 1.30 bits per heavy atom. The lowest BCUT2D eigenvalue weighted by molar-refractivity contribution is -0.158. The zero-order valence-electron chi connectivity index (χ0n) is 14.9. The van der Waals surface area contributed by atoms with Crippen LogP contribution in [0.1, 0.15) is 44.7 Å². The Morgan fingerprint density at radius 3 is 2.65 bits per heavy atom. The number of piperidine rings is 1. The first-order chi connectivity index (χ1) is 10.7. The summed E-state index contributed by atoms with van der Waals surface area (Å²) in [5.41, 5.74) is 1.19. The van der Waals surface area contributed by atoms with Gasteiger partial charge in [-0.3, -0.25) is 4.79 Å². The number of carbonyl (C=O) groups excluding carboxylic acids is 1. The minimum Gasteiger partial charge on any atom is -0.379 e. The highest BCUT2D eigenvalue weighted by Gasteiger charge is 2.42. The van der Waals surface area contributed by atoms with Crippen molar-refractivity contribution in [3.8, 4) is 0 Å². The van der Waals surface area contributed by atoms with Crippen LogP contribution in [-0.2, 0) is 11.3 Å². The molecule has 128 valence electrons. The molecule has 1 saturated heterocycles. The molecule has 4 nitrogen and oxygen atoms in total. The van der Waals surface area contributed by atoms with Gasteiger partial charge in [0.1, 0.15) is 0 Å². The fourth-order valence-electron chi connectivity index (χ4n) is 3.16. The number of rotatable bonds is 5. The summed E-state index contributed by atoms with van der Waals surface area (Å²) in [6, 6.07) is 8.17. The molecule has 0 aromatic heterocycles. The Hall–Kier alpha value is -1.39. The Morgan fingerprint density at radius 2 is 2.00 bits per heavy atom. The molecule has 1 aromatic rings. The molecule has 1 aliphatic rings. The van der Waals surface area contributed by atoms with Gasteiger partial charge in [0.05, 0.1) is 0 Å². The molecule has 4 heteroatoms. The van der Waals surface area contributed by atoms with Crippen LogP contribution < -0.4 is 5.32 Å². The molecule has 1 atom stereocenters. The molecular formula is C19H30N2O2. The van der Waals surface area contributed by atoms with Gasteiger partial charge >= 0.3 is 0 Å². The molecule has 0 aliphatic carbocycles. The third kappa shape index (κ3) is 4.79. The molecule has 1 unspecified atom stereocenters. The Labute approximate surface area is 139 Å². The average Bonchev–Trinajstić information content (AvgIpc) is 2.45. The van der Waals surface area contributed by atoms with Crippen LogP contribution in [0.3, 0.4) is 0 Å². The maximum atomic E-state index is 12.7. The van der Waals surface area contributed by atoms with Gasteiger partial charge in [-0.25, -0.2) is 0 Å². The predicted molar refractivity (Wildman–Crippen MR) is 93.1 cm³/mol.